The van der Waals surface area contributed by atoms with Gasteiger partial charge in [-0.15, -0.1) is 0 Å². The van der Waals surface area contributed by atoms with Crippen molar-refractivity contribution < 1.29 is 23.9 Å². The molecule has 1 N–H and O–H groups in total. The molecule has 0 spiro atoms. The van der Waals surface area contributed by atoms with Crippen LogP contribution in [-0.4, -0.2) is 47.8 Å². The number of nitrogens with zero attached hydrogens (tertiary/aromatic N) is 1. The largest absolute Gasteiger partial charge is 0.464 e. The van der Waals surface area contributed by atoms with Crippen LogP contribution in [-0.2, 0) is 9.53 Å². The molecule has 1 unspecified atom stereocenters. The number of carbonyl (C=O) groups is 4. The van der Waals surface area contributed by atoms with E-state index in [-0.39, 0.29) is 24.3 Å². The van der Waals surface area contributed by atoms with Crippen molar-refractivity contribution in [2.75, 3.05) is 13.2 Å². The Hall–Kier alpha value is -3.48. The normalized spacial score (nSPS) is 13.9. The van der Waals surface area contributed by atoms with E-state index < -0.39 is 29.7 Å². The molecule has 3 rings (SSSR count). The van der Waals surface area contributed by atoms with E-state index in [9.17, 15) is 19.2 Å². The van der Waals surface area contributed by atoms with Crippen molar-refractivity contribution in [3.05, 3.63) is 71.3 Å². The standard InChI is InChI=1S/C20H18N2O5/c1-2-27-20(26)16(21-17(23)13-8-4-3-5-9-13)12-22-18(24)14-10-6-7-11-15(14)19(22)25/h3-11,16H,2,12H2,1H3,(H,21,23). The number of esters is 1. The zero-order chi connectivity index (χ0) is 19.4. The Morgan fingerprint density at radius 1 is 0.963 bits per heavy atom. The molecule has 27 heavy (non-hydrogen) atoms. The zero-order valence-electron chi connectivity index (χ0n) is 14.7. The molecule has 1 aliphatic heterocycles. The molecule has 2 aromatic rings. The molecular formula is C20H18N2O5. The third kappa shape index (κ3) is 3.72. The summed E-state index contributed by atoms with van der Waals surface area (Å²) in [4.78, 5) is 50.7. The number of ether oxygens (including phenoxy) is 1. The molecule has 0 bridgehead atoms. The maximum absolute atomic E-state index is 12.5. The molecule has 0 fully saturated rings. The number of hydrogen-bond acceptors (Lipinski definition) is 5. The molecule has 0 radical (unpaired) electrons. The zero-order valence-corrected chi connectivity index (χ0v) is 14.7. The molecule has 0 aromatic heterocycles. The number of imide groups is 1. The van der Waals surface area contributed by atoms with Crippen molar-refractivity contribution >= 4 is 23.7 Å². The van der Waals surface area contributed by atoms with Crippen LogP contribution in [0.15, 0.2) is 54.6 Å². The summed E-state index contributed by atoms with van der Waals surface area (Å²) in [6.45, 7) is 1.44. The molecule has 3 amide bonds. The van der Waals surface area contributed by atoms with Crippen LogP contribution in [0, 0.1) is 0 Å². The summed E-state index contributed by atoms with van der Waals surface area (Å²) in [5.41, 5.74) is 0.910. The van der Waals surface area contributed by atoms with Crippen LogP contribution in [0.3, 0.4) is 0 Å². The summed E-state index contributed by atoms with van der Waals surface area (Å²) < 4.78 is 5.00. The lowest BCUT2D eigenvalue weighted by Crippen LogP contribution is -2.50. The topological polar surface area (TPSA) is 92.8 Å². The molecule has 0 aliphatic carbocycles. The molecule has 1 heterocycles. The van der Waals surface area contributed by atoms with Crippen LogP contribution >= 0.6 is 0 Å². The SMILES string of the molecule is CCOC(=O)C(CN1C(=O)c2ccccc2C1=O)NC(=O)c1ccccc1. The molecule has 0 saturated heterocycles. The molecule has 1 aliphatic rings. The van der Waals surface area contributed by atoms with Crippen molar-refractivity contribution in [2.24, 2.45) is 0 Å². The second-order valence-corrected chi connectivity index (χ2v) is 5.91. The van der Waals surface area contributed by atoms with Gasteiger partial charge in [-0.3, -0.25) is 19.3 Å². The molecule has 7 heteroatoms. The average molecular weight is 366 g/mol. The van der Waals surface area contributed by atoms with Crippen LogP contribution in [0.1, 0.15) is 38.0 Å². The number of fused-ring (bicyclic) bond motifs is 1. The number of rotatable bonds is 6. The summed E-state index contributed by atoms with van der Waals surface area (Å²) in [5.74, 6) is -2.21. The molecule has 7 nitrogen and oxygen atoms in total. The van der Waals surface area contributed by atoms with Crippen molar-refractivity contribution in [1.29, 1.82) is 0 Å². The molecule has 2 aromatic carbocycles. The molecule has 138 valence electrons. The van der Waals surface area contributed by atoms with Gasteiger partial charge < -0.3 is 10.1 Å². The maximum atomic E-state index is 12.5. The van der Waals surface area contributed by atoms with E-state index in [4.69, 9.17) is 4.74 Å². The van der Waals surface area contributed by atoms with E-state index in [2.05, 4.69) is 5.32 Å². The van der Waals surface area contributed by atoms with Gasteiger partial charge in [0.1, 0.15) is 6.04 Å². The first-order valence-corrected chi connectivity index (χ1v) is 8.50. The van der Waals surface area contributed by atoms with Gasteiger partial charge in [-0.25, -0.2) is 4.79 Å². The Labute approximate surface area is 155 Å². The quantitative estimate of drug-likeness (QED) is 0.620. The average Bonchev–Trinajstić information content (AvgIpc) is 2.93. The van der Waals surface area contributed by atoms with Crippen molar-refractivity contribution in [3.8, 4) is 0 Å². The van der Waals surface area contributed by atoms with Gasteiger partial charge >= 0.3 is 5.97 Å². The highest BCUT2D eigenvalue weighted by molar-refractivity contribution is 6.21. The van der Waals surface area contributed by atoms with Gasteiger partial charge in [0.2, 0.25) is 0 Å². The van der Waals surface area contributed by atoms with Crippen LogP contribution in [0.5, 0.6) is 0 Å². The number of carbonyl (C=O) groups excluding carboxylic acids is 4. The first-order chi connectivity index (χ1) is 13.0. The van der Waals surface area contributed by atoms with Crippen LogP contribution in [0.4, 0.5) is 0 Å². The molecule has 0 saturated carbocycles. The summed E-state index contributed by atoms with van der Waals surface area (Å²) in [6, 6.07) is 13.6. The van der Waals surface area contributed by atoms with Crippen molar-refractivity contribution in [2.45, 2.75) is 13.0 Å². The van der Waals surface area contributed by atoms with Crippen molar-refractivity contribution in [3.63, 3.8) is 0 Å². The van der Waals surface area contributed by atoms with Gasteiger partial charge in [-0.2, -0.15) is 0 Å². The van der Waals surface area contributed by atoms with Crippen LogP contribution in [0.2, 0.25) is 0 Å². The number of amides is 3. The van der Waals surface area contributed by atoms with Gasteiger partial charge in [0.05, 0.1) is 24.3 Å². The highest BCUT2D eigenvalue weighted by Gasteiger charge is 2.38. The van der Waals surface area contributed by atoms with Gasteiger partial charge in [0.15, 0.2) is 0 Å². The van der Waals surface area contributed by atoms with Gasteiger partial charge in [-0.1, -0.05) is 30.3 Å². The van der Waals surface area contributed by atoms with E-state index in [0.29, 0.717) is 5.56 Å². The van der Waals surface area contributed by atoms with Crippen LogP contribution < -0.4 is 5.32 Å². The van der Waals surface area contributed by atoms with E-state index in [1.165, 1.54) is 0 Å². The summed E-state index contributed by atoms with van der Waals surface area (Å²) in [5, 5.41) is 2.55. The lowest BCUT2D eigenvalue weighted by Gasteiger charge is -2.22. The first-order valence-electron chi connectivity index (χ1n) is 8.50. The summed E-state index contributed by atoms with van der Waals surface area (Å²) in [7, 11) is 0. The minimum absolute atomic E-state index is 0.110. The van der Waals surface area contributed by atoms with Gasteiger partial charge in [-0.05, 0) is 31.2 Å². The van der Waals surface area contributed by atoms with E-state index in [1.54, 1.807) is 61.5 Å². The maximum Gasteiger partial charge on any atom is 0.330 e. The van der Waals surface area contributed by atoms with E-state index in [0.717, 1.165) is 4.90 Å². The lowest BCUT2D eigenvalue weighted by atomic mass is 10.1. The fourth-order valence-electron chi connectivity index (χ4n) is 2.84. The Bertz CT molecular complexity index is 859. The van der Waals surface area contributed by atoms with Crippen LogP contribution in [0.25, 0.3) is 0 Å². The molecular weight excluding hydrogens is 348 g/mol. The highest BCUT2D eigenvalue weighted by Crippen LogP contribution is 2.22. The summed E-state index contributed by atoms with van der Waals surface area (Å²) in [6.07, 6.45) is 0. The third-order valence-electron chi connectivity index (χ3n) is 4.16. The molecule has 1 atom stereocenters. The fraction of sp³-hybridized carbons (Fsp3) is 0.200. The Balaban J connectivity index is 1.80. The highest BCUT2D eigenvalue weighted by atomic mass is 16.5. The van der Waals surface area contributed by atoms with Crippen molar-refractivity contribution in [1.82, 2.24) is 10.2 Å². The number of nitrogens with one attached hydrogen (secondary N) is 1. The Morgan fingerprint density at radius 3 is 2.07 bits per heavy atom. The second kappa shape index (κ2) is 7.82. The van der Waals surface area contributed by atoms with Gasteiger partial charge in [0.25, 0.3) is 17.7 Å². The minimum Gasteiger partial charge on any atom is -0.464 e. The predicted octanol–water partition coefficient (Wildman–Crippen LogP) is 1.64. The van der Waals surface area contributed by atoms with Gasteiger partial charge in [0, 0.05) is 5.56 Å². The second-order valence-electron chi connectivity index (χ2n) is 5.91. The predicted molar refractivity (Wildman–Crippen MR) is 96.1 cm³/mol. The lowest BCUT2D eigenvalue weighted by molar-refractivity contribution is -0.145. The Morgan fingerprint density at radius 2 is 1.52 bits per heavy atom. The first kappa shape index (κ1) is 18.3. The smallest absolute Gasteiger partial charge is 0.330 e. The van der Waals surface area contributed by atoms with E-state index in [1.807, 2.05) is 0 Å². The Kier molecular flexibility index (Phi) is 5.30. The monoisotopic (exact) mass is 366 g/mol. The van der Waals surface area contributed by atoms with E-state index >= 15 is 0 Å². The number of hydrogen-bond donors (Lipinski definition) is 1. The minimum atomic E-state index is -1.17. The fourth-order valence-corrected chi connectivity index (χ4v) is 2.84. The number of benzene rings is 2. The summed E-state index contributed by atoms with van der Waals surface area (Å²) >= 11 is 0. The third-order valence-corrected chi connectivity index (χ3v) is 4.16.